The number of H-pyrrole nitrogens is 2. The third-order valence-corrected chi connectivity index (χ3v) is 7.94. The molecule has 3 aromatic carbocycles. The molecule has 0 aromatic heterocycles. The lowest BCUT2D eigenvalue weighted by atomic mass is 9.88. The highest BCUT2D eigenvalue weighted by atomic mass is 14.7. The Kier molecular flexibility index (Phi) is 5.94. The number of hydrogen-bond acceptors (Lipinski definition) is 0. The number of fused-ring (bicyclic) bond motifs is 4. The molecule has 0 unspecified atom stereocenters. The summed E-state index contributed by atoms with van der Waals surface area (Å²) < 4.78 is 0. The summed E-state index contributed by atoms with van der Waals surface area (Å²) in [5.41, 5.74) is 14.4. The summed E-state index contributed by atoms with van der Waals surface area (Å²) in [6, 6.07) is 43.6. The highest BCUT2D eigenvalue weighted by Crippen LogP contribution is 2.38. The van der Waals surface area contributed by atoms with Crippen LogP contribution in [0, 0.1) is 0 Å². The molecule has 0 atom stereocenters. The molecule has 4 aliphatic rings. The van der Waals surface area contributed by atoms with Crippen LogP contribution in [0.2, 0.25) is 0 Å². The first-order valence-electron chi connectivity index (χ1n) is 13.9. The fraction of sp³-hybridized carbons (Fsp3) is 0.0526. The van der Waals surface area contributed by atoms with Gasteiger partial charge in [-0.2, -0.15) is 0 Å². The van der Waals surface area contributed by atoms with Crippen LogP contribution in [0.15, 0.2) is 133 Å². The monoisotopic (exact) mass is 514 g/mol. The van der Waals surface area contributed by atoms with Gasteiger partial charge in [-0.1, -0.05) is 24.3 Å². The van der Waals surface area contributed by atoms with E-state index in [1.165, 1.54) is 55.3 Å². The number of hydrogen-bond donors (Lipinski definition) is 2. The zero-order valence-electron chi connectivity index (χ0n) is 22.7. The summed E-state index contributed by atoms with van der Waals surface area (Å²) in [6.45, 7) is 4.25. The first kappa shape index (κ1) is 24.0. The van der Waals surface area contributed by atoms with Gasteiger partial charge in [-0.25, -0.2) is 0 Å². The largest absolute Gasteiger partial charge is 0.327 e. The van der Waals surface area contributed by atoms with Crippen LogP contribution in [0.3, 0.4) is 0 Å². The van der Waals surface area contributed by atoms with Crippen LogP contribution in [-0.4, -0.2) is 9.97 Å². The van der Waals surface area contributed by atoms with Gasteiger partial charge in [0, 0.05) is 58.3 Å². The maximum absolute atomic E-state index is 3.62. The molecule has 40 heavy (non-hydrogen) atoms. The van der Waals surface area contributed by atoms with E-state index in [1.54, 1.807) is 0 Å². The van der Waals surface area contributed by atoms with Gasteiger partial charge in [0.25, 0.3) is 0 Å². The van der Waals surface area contributed by atoms with Crippen LogP contribution in [-0.2, 0) is 0 Å². The van der Waals surface area contributed by atoms with E-state index in [-0.39, 0.29) is 0 Å². The summed E-state index contributed by atoms with van der Waals surface area (Å²) >= 11 is 0. The van der Waals surface area contributed by atoms with E-state index in [9.17, 15) is 0 Å². The molecule has 3 aromatic rings. The SMILES string of the molecule is CC=C(c1ccc(C(=CC)[c+]2cccc3[nH]c4ccccc4cc2-3)cc1)[c+]1cccc2[nH]c3ccccc3cc1-2. The molecular weight excluding hydrogens is 484 g/mol. The number of benzene rings is 5. The molecule has 190 valence electrons. The lowest BCUT2D eigenvalue weighted by Crippen LogP contribution is -1.98. The van der Waals surface area contributed by atoms with Crippen LogP contribution < -0.4 is 0 Å². The van der Waals surface area contributed by atoms with E-state index in [2.05, 4.69) is 157 Å². The molecule has 0 spiro atoms. The van der Waals surface area contributed by atoms with Crippen molar-refractivity contribution in [3.8, 4) is 22.5 Å². The summed E-state index contributed by atoms with van der Waals surface area (Å²) in [5, 5.41) is 2.43. The lowest BCUT2D eigenvalue weighted by Gasteiger charge is -2.12. The fourth-order valence-electron chi connectivity index (χ4n) is 5.99. The summed E-state index contributed by atoms with van der Waals surface area (Å²) in [7, 11) is 0. The molecule has 0 saturated carbocycles. The highest BCUT2D eigenvalue weighted by Gasteiger charge is 2.22. The van der Waals surface area contributed by atoms with Gasteiger partial charge in [0.2, 0.25) is 0 Å². The van der Waals surface area contributed by atoms with Gasteiger partial charge in [-0.15, -0.1) is 0 Å². The molecule has 2 aliphatic carbocycles. The van der Waals surface area contributed by atoms with Crippen LogP contribution in [0.25, 0.3) is 55.5 Å². The highest BCUT2D eigenvalue weighted by molar-refractivity contribution is 5.96. The van der Waals surface area contributed by atoms with Crippen molar-refractivity contribution in [2.24, 2.45) is 0 Å². The van der Waals surface area contributed by atoms with Crippen molar-refractivity contribution in [2.45, 2.75) is 13.8 Å². The second-order valence-corrected chi connectivity index (χ2v) is 10.2. The van der Waals surface area contributed by atoms with E-state index in [4.69, 9.17) is 0 Å². The van der Waals surface area contributed by atoms with Crippen molar-refractivity contribution in [3.63, 3.8) is 0 Å². The third kappa shape index (κ3) is 4.06. The first-order chi connectivity index (χ1) is 19.7. The Labute approximate surface area is 234 Å². The summed E-state index contributed by atoms with van der Waals surface area (Å²) in [5.74, 6) is 0. The Hall–Kier alpha value is -5.08. The molecule has 0 radical (unpaired) electrons. The number of allylic oxidation sites excluding steroid dienone is 2. The molecule has 0 amide bonds. The second-order valence-electron chi connectivity index (χ2n) is 10.2. The van der Waals surface area contributed by atoms with Gasteiger partial charge < -0.3 is 9.97 Å². The van der Waals surface area contributed by atoms with Crippen molar-refractivity contribution in [1.29, 1.82) is 0 Å². The number of aromatic amines is 2. The lowest BCUT2D eigenvalue weighted by molar-refractivity contribution is 1.37. The van der Waals surface area contributed by atoms with Gasteiger partial charge in [-0.3, -0.25) is 0 Å². The van der Waals surface area contributed by atoms with Gasteiger partial charge in [-0.05, 0) is 86.7 Å². The van der Waals surface area contributed by atoms with Crippen molar-refractivity contribution in [1.82, 2.24) is 9.97 Å². The fourth-order valence-corrected chi connectivity index (χ4v) is 5.99. The van der Waals surface area contributed by atoms with Crippen LogP contribution in [0.5, 0.6) is 0 Å². The predicted molar refractivity (Wildman–Crippen MR) is 171 cm³/mol. The van der Waals surface area contributed by atoms with Crippen LogP contribution in [0.1, 0.15) is 36.1 Å². The number of aromatic nitrogens is 2. The molecule has 0 saturated heterocycles. The van der Waals surface area contributed by atoms with E-state index in [1.807, 2.05) is 0 Å². The van der Waals surface area contributed by atoms with E-state index in [0.29, 0.717) is 0 Å². The molecular formula is C38H30N2+2. The molecule has 2 heteroatoms. The third-order valence-electron chi connectivity index (χ3n) is 7.94. The maximum Gasteiger partial charge on any atom is 0.106 e. The van der Waals surface area contributed by atoms with Gasteiger partial charge in [0.15, 0.2) is 0 Å². The van der Waals surface area contributed by atoms with Crippen molar-refractivity contribution in [3.05, 3.63) is 156 Å². The molecule has 2 nitrogen and oxygen atoms in total. The standard InChI is InChI=1S/C38H30N2/c1-3-29(31-13-9-17-37-33(31)23-27-11-5-7-15-35(27)39-37)25-19-21-26(22-20-25)30(4-2)32-14-10-18-38-34(32)24-28-12-6-8-16-36(28)40-38/h3-24,39-40H,1-2H3/q+2. The summed E-state index contributed by atoms with van der Waals surface area (Å²) in [4.78, 5) is 7.24. The molecule has 0 bridgehead atoms. The number of rotatable bonds is 4. The molecule has 0 fully saturated rings. The van der Waals surface area contributed by atoms with E-state index in [0.717, 1.165) is 22.4 Å². The Balaban J connectivity index is 1.28. The first-order valence-corrected chi connectivity index (χ1v) is 13.9. The zero-order valence-corrected chi connectivity index (χ0v) is 22.7. The Morgan fingerprint density at radius 2 is 0.950 bits per heavy atom. The minimum absolute atomic E-state index is 1.14. The zero-order chi connectivity index (χ0) is 27.1. The van der Waals surface area contributed by atoms with E-state index < -0.39 is 0 Å². The molecule has 2 N–H and O–H groups in total. The van der Waals surface area contributed by atoms with E-state index >= 15 is 0 Å². The quantitative estimate of drug-likeness (QED) is 0.173. The van der Waals surface area contributed by atoms with Gasteiger partial charge >= 0.3 is 0 Å². The second kappa shape index (κ2) is 9.91. The van der Waals surface area contributed by atoms with Crippen LogP contribution in [0.4, 0.5) is 0 Å². The van der Waals surface area contributed by atoms with Crippen molar-refractivity contribution in [2.75, 3.05) is 0 Å². The average Bonchev–Trinajstić information content (AvgIpc) is 3.01. The molecule has 7 rings (SSSR count). The topological polar surface area (TPSA) is 31.6 Å². The number of nitrogens with one attached hydrogen (secondary N) is 2. The number of pyridine rings is 2. The minimum Gasteiger partial charge on any atom is -0.327 e. The molecule has 2 heterocycles. The minimum atomic E-state index is 1.14. The van der Waals surface area contributed by atoms with Crippen LogP contribution >= 0.6 is 0 Å². The molecule has 2 aliphatic heterocycles. The van der Waals surface area contributed by atoms with Gasteiger partial charge in [0.05, 0.1) is 44.4 Å². The van der Waals surface area contributed by atoms with Gasteiger partial charge in [0.1, 0.15) is 11.4 Å². The Morgan fingerprint density at radius 3 is 1.38 bits per heavy atom. The smallest absolute Gasteiger partial charge is 0.106 e. The van der Waals surface area contributed by atoms with Crippen molar-refractivity contribution < 1.29 is 0 Å². The van der Waals surface area contributed by atoms with Crippen molar-refractivity contribution >= 4 is 33.0 Å². The maximum atomic E-state index is 3.62. The predicted octanol–water partition coefficient (Wildman–Crippen LogP) is 10.3. The summed E-state index contributed by atoms with van der Waals surface area (Å²) in [6.07, 6.45) is 4.45. The normalized spacial score (nSPS) is 12.6. The average molecular weight is 515 g/mol. The Morgan fingerprint density at radius 1 is 0.525 bits per heavy atom. The Bertz CT molecular complexity index is 1860. The number of para-hydroxylation sites is 2.